The topological polar surface area (TPSA) is 79.5 Å². The van der Waals surface area contributed by atoms with Gasteiger partial charge in [-0.15, -0.1) is 10.2 Å². The molecular formula is C15H19ClN4O3S. The molecular weight excluding hydrogens is 352 g/mol. The van der Waals surface area contributed by atoms with Gasteiger partial charge in [-0.05, 0) is 25.1 Å². The first kappa shape index (κ1) is 17.3. The molecule has 1 saturated heterocycles. The van der Waals surface area contributed by atoms with Crippen LogP contribution < -0.4 is 0 Å². The van der Waals surface area contributed by atoms with Crippen molar-refractivity contribution in [2.45, 2.75) is 13.0 Å². The fourth-order valence-electron chi connectivity index (χ4n) is 2.69. The number of benzene rings is 1. The molecule has 0 unspecified atom stereocenters. The van der Waals surface area contributed by atoms with Crippen molar-refractivity contribution in [3.63, 3.8) is 0 Å². The van der Waals surface area contributed by atoms with Crippen LogP contribution in [0.1, 0.15) is 12.3 Å². The summed E-state index contributed by atoms with van der Waals surface area (Å²) in [5, 5.41) is 8.70. The molecule has 7 nitrogen and oxygen atoms in total. The third kappa shape index (κ3) is 4.13. The molecule has 3 rings (SSSR count). The van der Waals surface area contributed by atoms with E-state index in [1.807, 2.05) is 18.2 Å². The zero-order valence-electron chi connectivity index (χ0n) is 13.4. The van der Waals surface area contributed by atoms with Gasteiger partial charge in [0.2, 0.25) is 21.8 Å². The van der Waals surface area contributed by atoms with Crippen LogP contribution in [-0.4, -0.2) is 60.3 Å². The van der Waals surface area contributed by atoms with Crippen molar-refractivity contribution < 1.29 is 12.8 Å². The van der Waals surface area contributed by atoms with Crippen molar-refractivity contribution in [3.8, 4) is 11.5 Å². The molecule has 0 saturated carbocycles. The highest BCUT2D eigenvalue weighted by Gasteiger charge is 2.22. The van der Waals surface area contributed by atoms with Crippen molar-refractivity contribution in [1.29, 1.82) is 0 Å². The SMILES string of the molecule is CS(=O)(=O)N1CCCN(Cc2nnc(-c3ccccc3Cl)o2)CC1. The Hall–Kier alpha value is -1.48. The summed E-state index contributed by atoms with van der Waals surface area (Å²) in [5.41, 5.74) is 0.706. The Morgan fingerprint density at radius 2 is 1.96 bits per heavy atom. The largest absolute Gasteiger partial charge is 0.419 e. The van der Waals surface area contributed by atoms with E-state index in [0.717, 1.165) is 13.0 Å². The average Bonchev–Trinajstić information content (AvgIpc) is 2.84. The minimum atomic E-state index is -3.14. The van der Waals surface area contributed by atoms with Gasteiger partial charge in [-0.1, -0.05) is 23.7 Å². The zero-order valence-corrected chi connectivity index (χ0v) is 14.9. The molecule has 1 aromatic heterocycles. The van der Waals surface area contributed by atoms with Crippen LogP contribution in [0.4, 0.5) is 0 Å². The van der Waals surface area contributed by atoms with Gasteiger partial charge >= 0.3 is 0 Å². The summed E-state index contributed by atoms with van der Waals surface area (Å²) in [6.45, 7) is 2.94. The highest BCUT2D eigenvalue weighted by molar-refractivity contribution is 7.88. The lowest BCUT2D eigenvalue weighted by Crippen LogP contribution is -2.34. The van der Waals surface area contributed by atoms with E-state index in [4.69, 9.17) is 16.0 Å². The number of rotatable bonds is 4. The summed E-state index contributed by atoms with van der Waals surface area (Å²) in [6, 6.07) is 7.30. The normalized spacial score (nSPS) is 17.8. The maximum Gasteiger partial charge on any atom is 0.249 e. The van der Waals surface area contributed by atoms with Gasteiger partial charge in [0.05, 0.1) is 23.4 Å². The molecule has 0 bridgehead atoms. The Bertz CT molecular complexity index is 809. The molecule has 24 heavy (non-hydrogen) atoms. The van der Waals surface area contributed by atoms with E-state index in [2.05, 4.69) is 15.1 Å². The van der Waals surface area contributed by atoms with Gasteiger partial charge in [-0.25, -0.2) is 12.7 Å². The average molecular weight is 371 g/mol. The Kier molecular flexibility index (Phi) is 5.19. The van der Waals surface area contributed by atoms with Crippen LogP contribution >= 0.6 is 11.6 Å². The quantitative estimate of drug-likeness (QED) is 0.817. The molecule has 1 aliphatic rings. The lowest BCUT2D eigenvalue weighted by atomic mass is 10.2. The predicted octanol–water partition coefficient (Wildman–Crippen LogP) is 1.86. The molecule has 1 fully saturated rings. The van der Waals surface area contributed by atoms with Crippen LogP contribution in [0.2, 0.25) is 5.02 Å². The van der Waals surface area contributed by atoms with E-state index in [1.54, 1.807) is 6.07 Å². The smallest absolute Gasteiger partial charge is 0.249 e. The molecule has 2 heterocycles. The van der Waals surface area contributed by atoms with Gasteiger partial charge < -0.3 is 4.42 Å². The molecule has 0 atom stereocenters. The van der Waals surface area contributed by atoms with Crippen molar-refractivity contribution in [2.24, 2.45) is 0 Å². The number of sulfonamides is 1. The fourth-order valence-corrected chi connectivity index (χ4v) is 3.78. The van der Waals surface area contributed by atoms with Gasteiger partial charge in [0.15, 0.2) is 0 Å². The number of hydrogen-bond donors (Lipinski definition) is 0. The fraction of sp³-hybridized carbons (Fsp3) is 0.467. The standard InChI is InChI=1S/C15H19ClN4O3S/c1-24(21,22)20-8-4-7-19(9-10-20)11-14-17-18-15(23-14)12-5-2-3-6-13(12)16/h2-3,5-6H,4,7-11H2,1H3. The second kappa shape index (κ2) is 7.18. The van der Waals surface area contributed by atoms with Crippen molar-refractivity contribution >= 4 is 21.6 Å². The third-order valence-electron chi connectivity index (χ3n) is 3.95. The van der Waals surface area contributed by atoms with Gasteiger partial charge in [0, 0.05) is 19.6 Å². The highest BCUT2D eigenvalue weighted by Crippen LogP contribution is 2.26. The van der Waals surface area contributed by atoms with Crippen LogP contribution in [0, 0.1) is 0 Å². The first-order chi connectivity index (χ1) is 11.4. The zero-order chi connectivity index (χ0) is 17.2. The lowest BCUT2D eigenvalue weighted by molar-refractivity contribution is 0.251. The van der Waals surface area contributed by atoms with Crippen molar-refractivity contribution in [3.05, 3.63) is 35.2 Å². The van der Waals surface area contributed by atoms with Crippen LogP contribution in [0.5, 0.6) is 0 Å². The van der Waals surface area contributed by atoms with E-state index in [0.29, 0.717) is 48.5 Å². The minimum absolute atomic E-state index is 0.392. The molecule has 130 valence electrons. The van der Waals surface area contributed by atoms with E-state index in [9.17, 15) is 8.42 Å². The molecule has 0 N–H and O–H groups in total. The Labute approximate surface area is 146 Å². The molecule has 2 aromatic rings. The first-order valence-corrected chi connectivity index (χ1v) is 9.91. The third-order valence-corrected chi connectivity index (χ3v) is 5.58. The summed E-state index contributed by atoms with van der Waals surface area (Å²) >= 11 is 6.14. The Balaban J connectivity index is 1.66. The molecule has 1 aromatic carbocycles. The highest BCUT2D eigenvalue weighted by atomic mass is 35.5. The minimum Gasteiger partial charge on any atom is -0.419 e. The second-order valence-corrected chi connectivity index (χ2v) is 8.16. The summed E-state index contributed by atoms with van der Waals surface area (Å²) < 4.78 is 30.5. The Morgan fingerprint density at radius 1 is 1.17 bits per heavy atom. The predicted molar refractivity (Wildman–Crippen MR) is 91.1 cm³/mol. The number of hydrogen-bond acceptors (Lipinski definition) is 6. The molecule has 0 radical (unpaired) electrons. The maximum absolute atomic E-state index is 11.7. The van der Waals surface area contributed by atoms with E-state index < -0.39 is 10.0 Å². The van der Waals surface area contributed by atoms with Crippen molar-refractivity contribution in [1.82, 2.24) is 19.4 Å². The summed E-state index contributed by atoms with van der Waals surface area (Å²) in [5.74, 6) is 0.890. The summed E-state index contributed by atoms with van der Waals surface area (Å²) in [7, 11) is -3.14. The van der Waals surface area contributed by atoms with Gasteiger partial charge in [-0.2, -0.15) is 0 Å². The number of halogens is 1. The van der Waals surface area contributed by atoms with E-state index in [1.165, 1.54) is 10.6 Å². The Morgan fingerprint density at radius 3 is 2.71 bits per heavy atom. The summed E-state index contributed by atoms with van der Waals surface area (Å²) in [6.07, 6.45) is 2.02. The van der Waals surface area contributed by atoms with Crippen molar-refractivity contribution in [2.75, 3.05) is 32.4 Å². The second-order valence-electron chi connectivity index (χ2n) is 5.77. The monoisotopic (exact) mass is 370 g/mol. The molecule has 1 aliphatic heterocycles. The van der Waals surface area contributed by atoms with Crippen LogP contribution in [0.3, 0.4) is 0 Å². The lowest BCUT2D eigenvalue weighted by Gasteiger charge is -2.18. The molecule has 0 aliphatic carbocycles. The van der Waals surface area contributed by atoms with E-state index in [-0.39, 0.29) is 0 Å². The maximum atomic E-state index is 11.7. The van der Waals surface area contributed by atoms with E-state index >= 15 is 0 Å². The number of aromatic nitrogens is 2. The van der Waals surface area contributed by atoms with Crippen LogP contribution in [-0.2, 0) is 16.6 Å². The first-order valence-electron chi connectivity index (χ1n) is 7.68. The number of nitrogens with zero attached hydrogens (tertiary/aromatic N) is 4. The summed E-state index contributed by atoms with van der Waals surface area (Å²) in [4.78, 5) is 2.12. The molecule has 9 heteroatoms. The van der Waals surface area contributed by atoms with Gasteiger partial charge in [0.25, 0.3) is 0 Å². The van der Waals surface area contributed by atoms with Gasteiger partial charge in [-0.3, -0.25) is 4.90 Å². The molecule has 0 amide bonds. The van der Waals surface area contributed by atoms with Crippen LogP contribution in [0.25, 0.3) is 11.5 Å². The molecule has 0 spiro atoms. The van der Waals surface area contributed by atoms with Crippen LogP contribution in [0.15, 0.2) is 28.7 Å². The van der Waals surface area contributed by atoms with Gasteiger partial charge in [0.1, 0.15) is 0 Å².